The number of rotatable bonds is 2. The summed E-state index contributed by atoms with van der Waals surface area (Å²) in [7, 11) is 0. The fourth-order valence-electron chi connectivity index (χ4n) is 2.78. The highest BCUT2D eigenvalue weighted by atomic mass is 79.9. The molecule has 0 spiro atoms. The molecular weight excluding hydrogens is 354 g/mol. The molecule has 1 aliphatic rings. The van der Waals surface area contributed by atoms with Crippen molar-refractivity contribution in [2.75, 3.05) is 0 Å². The molecular formula is C15H17BrClN3O. The Morgan fingerprint density at radius 1 is 1.24 bits per heavy atom. The molecule has 0 amide bonds. The molecule has 0 aliphatic heterocycles. The van der Waals surface area contributed by atoms with Gasteiger partial charge in [-0.15, -0.1) is 0 Å². The van der Waals surface area contributed by atoms with Crippen LogP contribution in [-0.4, -0.2) is 16.2 Å². The first-order valence-electron chi connectivity index (χ1n) is 7.20. The zero-order valence-corrected chi connectivity index (χ0v) is 13.9. The first kappa shape index (κ1) is 15.0. The fourth-order valence-corrected chi connectivity index (χ4v) is 3.28. The molecule has 1 aliphatic carbocycles. The lowest BCUT2D eigenvalue weighted by molar-refractivity contribution is 0.326. The zero-order valence-electron chi connectivity index (χ0n) is 11.6. The van der Waals surface area contributed by atoms with Gasteiger partial charge in [0.2, 0.25) is 11.7 Å². The number of hydrogen-bond donors (Lipinski definition) is 1. The molecule has 2 aromatic rings. The summed E-state index contributed by atoms with van der Waals surface area (Å²) in [6.45, 7) is 0. The number of nitrogens with two attached hydrogens (primary N) is 1. The van der Waals surface area contributed by atoms with Crippen molar-refractivity contribution >= 4 is 27.5 Å². The van der Waals surface area contributed by atoms with Crippen LogP contribution in [0.15, 0.2) is 27.2 Å². The van der Waals surface area contributed by atoms with Crippen LogP contribution in [0, 0.1) is 0 Å². The normalized spacial score (nSPS) is 23.0. The molecule has 2 unspecified atom stereocenters. The van der Waals surface area contributed by atoms with E-state index in [1.54, 1.807) is 0 Å². The van der Waals surface area contributed by atoms with Gasteiger partial charge >= 0.3 is 0 Å². The van der Waals surface area contributed by atoms with Gasteiger partial charge in [-0.3, -0.25) is 0 Å². The van der Waals surface area contributed by atoms with Crippen LogP contribution in [0.25, 0.3) is 11.4 Å². The summed E-state index contributed by atoms with van der Waals surface area (Å²) in [6.07, 6.45) is 5.63. The summed E-state index contributed by atoms with van der Waals surface area (Å²) in [6, 6.07) is 5.70. The van der Waals surface area contributed by atoms with Crippen molar-refractivity contribution in [3.63, 3.8) is 0 Å². The van der Waals surface area contributed by atoms with Gasteiger partial charge in [-0.1, -0.05) is 36.0 Å². The quantitative estimate of drug-likeness (QED) is 0.789. The SMILES string of the molecule is NC1CCCCCC1c1nc(-c2ccc(Cl)c(Br)c2)no1. The van der Waals surface area contributed by atoms with Crippen LogP contribution in [0.3, 0.4) is 0 Å². The average molecular weight is 371 g/mol. The Kier molecular flexibility index (Phi) is 4.62. The Labute approximate surface area is 137 Å². The topological polar surface area (TPSA) is 64.9 Å². The molecule has 4 nitrogen and oxygen atoms in total. The van der Waals surface area contributed by atoms with E-state index in [0.29, 0.717) is 16.7 Å². The molecule has 2 atom stereocenters. The van der Waals surface area contributed by atoms with E-state index in [1.807, 2.05) is 18.2 Å². The zero-order chi connectivity index (χ0) is 14.8. The van der Waals surface area contributed by atoms with Crippen molar-refractivity contribution in [3.05, 3.63) is 33.6 Å². The van der Waals surface area contributed by atoms with Gasteiger partial charge in [-0.05, 0) is 47.0 Å². The molecule has 6 heteroatoms. The van der Waals surface area contributed by atoms with Gasteiger partial charge in [0.1, 0.15) is 0 Å². The second-order valence-corrected chi connectivity index (χ2v) is 6.76. The second-order valence-electron chi connectivity index (χ2n) is 5.49. The maximum Gasteiger partial charge on any atom is 0.231 e. The minimum Gasteiger partial charge on any atom is -0.339 e. The summed E-state index contributed by atoms with van der Waals surface area (Å²) < 4.78 is 6.28. The third-order valence-corrected chi connectivity index (χ3v) is 5.22. The van der Waals surface area contributed by atoms with E-state index >= 15 is 0 Å². The Bertz CT molecular complexity index is 631. The minimum atomic E-state index is 0.109. The molecule has 1 saturated carbocycles. The first-order chi connectivity index (χ1) is 10.1. The van der Waals surface area contributed by atoms with Crippen molar-refractivity contribution in [2.24, 2.45) is 5.73 Å². The lowest BCUT2D eigenvalue weighted by Gasteiger charge is -2.16. The highest BCUT2D eigenvalue weighted by Gasteiger charge is 2.27. The summed E-state index contributed by atoms with van der Waals surface area (Å²) in [5, 5.41) is 4.75. The van der Waals surface area contributed by atoms with Crippen molar-refractivity contribution in [1.82, 2.24) is 10.1 Å². The molecule has 0 bridgehead atoms. The summed E-state index contributed by atoms with van der Waals surface area (Å²) in [4.78, 5) is 4.55. The van der Waals surface area contributed by atoms with Gasteiger partial charge in [0.15, 0.2) is 0 Å². The van der Waals surface area contributed by atoms with E-state index in [9.17, 15) is 0 Å². The predicted octanol–water partition coefficient (Wildman–Crippen LogP) is 4.53. The van der Waals surface area contributed by atoms with Crippen LogP contribution in [0.4, 0.5) is 0 Å². The average Bonchev–Trinajstić information content (AvgIpc) is 2.85. The fraction of sp³-hybridized carbons (Fsp3) is 0.467. The smallest absolute Gasteiger partial charge is 0.231 e. The maximum atomic E-state index is 6.25. The molecule has 21 heavy (non-hydrogen) atoms. The number of benzene rings is 1. The highest BCUT2D eigenvalue weighted by Crippen LogP contribution is 2.32. The molecule has 0 saturated heterocycles. The predicted molar refractivity (Wildman–Crippen MR) is 86.2 cm³/mol. The molecule has 0 radical (unpaired) electrons. The van der Waals surface area contributed by atoms with Gasteiger partial charge in [0.25, 0.3) is 0 Å². The van der Waals surface area contributed by atoms with Crippen molar-refractivity contribution in [3.8, 4) is 11.4 Å². The molecule has 112 valence electrons. The van der Waals surface area contributed by atoms with Gasteiger partial charge < -0.3 is 10.3 Å². The van der Waals surface area contributed by atoms with Gasteiger partial charge in [0, 0.05) is 16.1 Å². The minimum absolute atomic E-state index is 0.109. The highest BCUT2D eigenvalue weighted by molar-refractivity contribution is 9.10. The molecule has 1 heterocycles. The number of nitrogens with zero attached hydrogens (tertiary/aromatic N) is 2. The molecule has 1 fully saturated rings. The number of halogens is 2. The summed E-state index contributed by atoms with van der Waals surface area (Å²) in [5.74, 6) is 1.41. The molecule has 1 aromatic heterocycles. The monoisotopic (exact) mass is 369 g/mol. The molecule has 1 aromatic carbocycles. The number of aromatic nitrogens is 2. The number of hydrogen-bond acceptors (Lipinski definition) is 4. The lowest BCUT2D eigenvalue weighted by Crippen LogP contribution is -2.27. The second kappa shape index (κ2) is 6.46. The van der Waals surface area contributed by atoms with E-state index in [4.69, 9.17) is 21.9 Å². The Morgan fingerprint density at radius 3 is 2.86 bits per heavy atom. The van der Waals surface area contributed by atoms with Crippen LogP contribution in [0.5, 0.6) is 0 Å². The van der Waals surface area contributed by atoms with E-state index in [1.165, 1.54) is 19.3 Å². The Balaban J connectivity index is 1.86. The van der Waals surface area contributed by atoms with E-state index in [0.717, 1.165) is 22.9 Å². The Hall–Kier alpha value is -0.910. The van der Waals surface area contributed by atoms with Crippen molar-refractivity contribution in [2.45, 2.75) is 44.1 Å². The van der Waals surface area contributed by atoms with E-state index < -0.39 is 0 Å². The van der Waals surface area contributed by atoms with Gasteiger partial charge in [-0.2, -0.15) is 4.98 Å². The first-order valence-corrected chi connectivity index (χ1v) is 8.37. The van der Waals surface area contributed by atoms with Crippen molar-refractivity contribution < 1.29 is 4.52 Å². The summed E-state index contributed by atoms with van der Waals surface area (Å²) in [5.41, 5.74) is 7.13. The third-order valence-electron chi connectivity index (χ3n) is 4.01. The standard InChI is InChI=1S/C15H17BrClN3O/c16-11-8-9(6-7-12(11)17)14-19-15(21-20-14)10-4-2-1-3-5-13(10)18/h6-8,10,13H,1-5,18H2. The maximum absolute atomic E-state index is 6.25. The summed E-state index contributed by atoms with van der Waals surface area (Å²) >= 11 is 9.41. The Morgan fingerprint density at radius 2 is 2.05 bits per heavy atom. The van der Waals surface area contributed by atoms with Crippen LogP contribution in [-0.2, 0) is 0 Å². The largest absolute Gasteiger partial charge is 0.339 e. The van der Waals surface area contributed by atoms with E-state index in [-0.39, 0.29) is 12.0 Å². The lowest BCUT2D eigenvalue weighted by atomic mass is 9.95. The van der Waals surface area contributed by atoms with Crippen LogP contribution in [0.1, 0.15) is 43.9 Å². The molecule has 2 N–H and O–H groups in total. The molecule has 3 rings (SSSR count). The van der Waals surface area contributed by atoms with Gasteiger partial charge in [0.05, 0.1) is 10.9 Å². The van der Waals surface area contributed by atoms with Crippen molar-refractivity contribution in [1.29, 1.82) is 0 Å². The van der Waals surface area contributed by atoms with Crippen LogP contribution in [0.2, 0.25) is 5.02 Å². The van der Waals surface area contributed by atoms with Gasteiger partial charge in [-0.25, -0.2) is 0 Å². The third kappa shape index (κ3) is 3.30. The van der Waals surface area contributed by atoms with Crippen LogP contribution < -0.4 is 5.73 Å². The van der Waals surface area contributed by atoms with Crippen LogP contribution >= 0.6 is 27.5 Å². The van der Waals surface area contributed by atoms with E-state index in [2.05, 4.69) is 26.1 Å².